The van der Waals surface area contributed by atoms with Crippen molar-refractivity contribution in [2.45, 2.75) is 19.3 Å². The predicted octanol–water partition coefficient (Wildman–Crippen LogP) is 1.78. The summed E-state index contributed by atoms with van der Waals surface area (Å²) in [4.78, 5) is 13.7. The number of hydrogen-bond acceptors (Lipinski definition) is 2. The van der Waals surface area contributed by atoms with Crippen LogP contribution < -0.4 is 5.32 Å². The Morgan fingerprint density at radius 2 is 2.25 bits per heavy atom. The Morgan fingerprint density at radius 1 is 1.45 bits per heavy atom. The average Bonchev–Trinajstić information content (AvgIpc) is 2.49. The Morgan fingerprint density at radius 3 is 3.00 bits per heavy atom. The molecule has 2 N–H and O–H groups in total. The number of aliphatic hydroxyl groups excluding tert-OH is 1. The van der Waals surface area contributed by atoms with Gasteiger partial charge in [-0.15, -0.1) is 0 Å². The quantitative estimate of drug-likeness (QED) is 0.883. The molecule has 1 heterocycles. The summed E-state index contributed by atoms with van der Waals surface area (Å²) in [6.45, 7) is 1.86. The number of likely N-dealkylation sites (tertiary alicyclic amines) is 1. The van der Waals surface area contributed by atoms with Crippen molar-refractivity contribution in [3.8, 4) is 0 Å². The molecule has 0 aliphatic carbocycles. The lowest BCUT2D eigenvalue weighted by Crippen LogP contribution is -2.46. The van der Waals surface area contributed by atoms with E-state index in [4.69, 9.17) is 5.11 Å². The molecule has 20 heavy (non-hydrogen) atoms. The first-order valence-corrected chi connectivity index (χ1v) is 7.07. The molecule has 4 nitrogen and oxygen atoms in total. The fraction of sp³-hybridized carbons (Fsp3) is 0.533. The maximum absolute atomic E-state index is 13.4. The second kappa shape index (κ2) is 7.24. The van der Waals surface area contributed by atoms with Gasteiger partial charge in [0.15, 0.2) is 0 Å². The van der Waals surface area contributed by atoms with Crippen molar-refractivity contribution in [1.82, 2.24) is 10.2 Å². The summed E-state index contributed by atoms with van der Waals surface area (Å²) in [7, 11) is 0. The summed E-state index contributed by atoms with van der Waals surface area (Å²) in [5.41, 5.74) is 0.611. The molecule has 2 rings (SSSR count). The Kier molecular flexibility index (Phi) is 5.35. The number of nitrogens with one attached hydrogen (secondary N) is 1. The van der Waals surface area contributed by atoms with Gasteiger partial charge in [0.1, 0.15) is 5.82 Å². The summed E-state index contributed by atoms with van der Waals surface area (Å²) in [6, 6.07) is 6.47. The SMILES string of the molecule is O=C(NCCc1ccccc1F)N1CCCC(CO)C1. The smallest absolute Gasteiger partial charge is 0.317 e. The van der Waals surface area contributed by atoms with Crippen molar-refractivity contribution in [3.05, 3.63) is 35.6 Å². The van der Waals surface area contributed by atoms with Crippen LogP contribution in [0.4, 0.5) is 9.18 Å². The van der Waals surface area contributed by atoms with Crippen LogP contribution in [0, 0.1) is 11.7 Å². The van der Waals surface area contributed by atoms with E-state index in [2.05, 4.69) is 5.32 Å². The third-order valence-corrected chi connectivity index (χ3v) is 3.69. The van der Waals surface area contributed by atoms with Gasteiger partial charge in [-0.3, -0.25) is 0 Å². The van der Waals surface area contributed by atoms with E-state index < -0.39 is 0 Å². The van der Waals surface area contributed by atoms with Crippen molar-refractivity contribution < 1.29 is 14.3 Å². The highest BCUT2D eigenvalue weighted by atomic mass is 19.1. The Labute approximate surface area is 118 Å². The lowest BCUT2D eigenvalue weighted by molar-refractivity contribution is 0.129. The Hall–Kier alpha value is -1.62. The Bertz CT molecular complexity index is 453. The minimum Gasteiger partial charge on any atom is -0.396 e. The highest BCUT2D eigenvalue weighted by Gasteiger charge is 2.22. The second-order valence-corrected chi connectivity index (χ2v) is 5.21. The normalized spacial score (nSPS) is 18.9. The van der Waals surface area contributed by atoms with Crippen LogP contribution in [0.25, 0.3) is 0 Å². The molecule has 1 unspecified atom stereocenters. The molecule has 2 amide bonds. The summed E-state index contributed by atoms with van der Waals surface area (Å²) < 4.78 is 13.4. The zero-order chi connectivity index (χ0) is 14.4. The Balaban J connectivity index is 1.76. The molecule has 0 aromatic heterocycles. The van der Waals surface area contributed by atoms with Crippen LogP contribution in [0.5, 0.6) is 0 Å². The van der Waals surface area contributed by atoms with E-state index in [1.165, 1.54) is 6.07 Å². The van der Waals surface area contributed by atoms with Crippen LogP contribution in [0.2, 0.25) is 0 Å². The van der Waals surface area contributed by atoms with Crippen LogP contribution in [0.15, 0.2) is 24.3 Å². The number of rotatable bonds is 4. The molecule has 1 aromatic rings. The minimum atomic E-state index is -0.236. The molecule has 1 aliphatic heterocycles. The van der Waals surface area contributed by atoms with Gasteiger partial charge in [0.25, 0.3) is 0 Å². The minimum absolute atomic E-state index is 0.124. The van der Waals surface area contributed by atoms with Gasteiger partial charge < -0.3 is 15.3 Å². The molecule has 0 radical (unpaired) electrons. The van der Waals surface area contributed by atoms with Crippen LogP contribution >= 0.6 is 0 Å². The number of halogens is 1. The van der Waals surface area contributed by atoms with Crippen molar-refractivity contribution in [2.24, 2.45) is 5.92 Å². The molecule has 1 aliphatic rings. The third-order valence-electron chi connectivity index (χ3n) is 3.69. The number of carbonyl (C=O) groups excluding carboxylic acids is 1. The highest BCUT2D eigenvalue weighted by molar-refractivity contribution is 5.74. The van der Waals surface area contributed by atoms with E-state index in [0.29, 0.717) is 25.1 Å². The van der Waals surface area contributed by atoms with Gasteiger partial charge in [0.05, 0.1) is 0 Å². The maximum atomic E-state index is 13.4. The molecular formula is C15H21FN2O2. The predicted molar refractivity (Wildman–Crippen MR) is 74.9 cm³/mol. The number of hydrogen-bond donors (Lipinski definition) is 2. The first-order valence-electron chi connectivity index (χ1n) is 7.07. The number of piperidine rings is 1. The third kappa shape index (κ3) is 3.93. The number of amides is 2. The maximum Gasteiger partial charge on any atom is 0.317 e. The summed E-state index contributed by atoms with van der Waals surface area (Å²) >= 11 is 0. The molecule has 1 atom stereocenters. The second-order valence-electron chi connectivity index (χ2n) is 5.21. The van der Waals surface area contributed by atoms with E-state index in [1.54, 1.807) is 23.1 Å². The fourth-order valence-electron chi connectivity index (χ4n) is 2.52. The van der Waals surface area contributed by atoms with Crippen molar-refractivity contribution >= 4 is 6.03 Å². The van der Waals surface area contributed by atoms with E-state index in [0.717, 1.165) is 19.4 Å². The van der Waals surface area contributed by atoms with E-state index in [9.17, 15) is 9.18 Å². The molecule has 1 aromatic carbocycles. The number of benzene rings is 1. The number of nitrogens with zero attached hydrogens (tertiary/aromatic N) is 1. The van der Waals surface area contributed by atoms with Gasteiger partial charge in [-0.05, 0) is 36.8 Å². The van der Waals surface area contributed by atoms with Crippen molar-refractivity contribution in [3.63, 3.8) is 0 Å². The monoisotopic (exact) mass is 280 g/mol. The van der Waals surface area contributed by atoms with Gasteiger partial charge in [0, 0.05) is 26.2 Å². The van der Waals surface area contributed by atoms with Crippen LogP contribution in [0.3, 0.4) is 0 Å². The summed E-state index contributed by atoms with van der Waals surface area (Å²) in [5, 5.41) is 12.0. The van der Waals surface area contributed by atoms with Gasteiger partial charge >= 0.3 is 6.03 Å². The number of aliphatic hydroxyl groups is 1. The fourth-order valence-corrected chi connectivity index (χ4v) is 2.52. The number of urea groups is 1. The first-order chi connectivity index (χ1) is 9.70. The van der Waals surface area contributed by atoms with Crippen LogP contribution in [-0.2, 0) is 6.42 Å². The van der Waals surface area contributed by atoms with Gasteiger partial charge in [-0.25, -0.2) is 9.18 Å². The molecule has 1 saturated heterocycles. The highest BCUT2D eigenvalue weighted by Crippen LogP contribution is 2.15. The zero-order valence-electron chi connectivity index (χ0n) is 11.5. The molecule has 5 heteroatoms. The molecule has 110 valence electrons. The largest absolute Gasteiger partial charge is 0.396 e. The molecule has 0 saturated carbocycles. The van der Waals surface area contributed by atoms with E-state index in [-0.39, 0.29) is 24.4 Å². The van der Waals surface area contributed by atoms with Gasteiger partial charge in [-0.2, -0.15) is 0 Å². The summed E-state index contributed by atoms with van der Waals surface area (Å²) in [6.07, 6.45) is 2.37. The lowest BCUT2D eigenvalue weighted by atomic mass is 9.99. The lowest BCUT2D eigenvalue weighted by Gasteiger charge is -2.31. The average molecular weight is 280 g/mol. The van der Waals surface area contributed by atoms with Crippen molar-refractivity contribution in [1.29, 1.82) is 0 Å². The zero-order valence-corrected chi connectivity index (χ0v) is 11.5. The van der Waals surface area contributed by atoms with E-state index >= 15 is 0 Å². The number of carbonyl (C=O) groups is 1. The standard InChI is InChI=1S/C15H21FN2O2/c16-14-6-2-1-5-13(14)7-8-17-15(20)18-9-3-4-12(10-18)11-19/h1-2,5-6,12,19H,3-4,7-11H2,(H,17,20). The van der Waals surface area contributed by atoms with Gasteiger partial charge in [-0.1, -0.05) is 18.2 Å². The van der Waals surface area contributed by atoms with Crippen LogP contribution in [0.1, 0.15) is 18.4 Å². The van der Waals surface area contributed by atoms with Crippen LogP contribution in [-0.4, -0.2) is 42.3 Å². The molecule has 0 bridgehead atoms. The van der Waals surface area contributed by atoms with Crippen molar-refractivity contribution in [2.75, 3.05) is 26.2 Å². The van der Waals surface area contributed by atoms with Gasteiger partial charge in [0.2, 0.25) is 0 Å². The topological polar surface area (TPSA) is 52.6 Å². The molecule has 0 spiro atoms. The summed E-state index contributed by atoms with van der Waals surface area (Å²) in [5.74, 6) is -0.0545. The first kappa shape index (κ1) is 14.8. The molecule has 1 fully saturated rings. The van der Waals surface area contributed by atoms with E-state index in [1.807, 2.05) is 0 Å². The molecular weight excluding hydrogens is 259 g/mol.